The molecule has 1 aliphatic rings. The minimum atomic E-state index is -1.03. The summed E-state index contributed by atoms with van der Waals surface area (Å²) in [5, 5.41) is 8.85. The van der Waals surface area contributed by atoms with Crippen molar-refractivity contribution in [1.82, 2.24) is 9.88 Å². The number of hydrogen-bond donors (Lipinski definition) is 2. The number of nitrogens with zero attached hydrogens (tertiary/aromatic N) is 1. The van der Waals surface area contributed by atoms with Crippen LogP contribution >= 0.6 is 0 Å². The molecule has 1 amide bonds. The van der Waals surface area contributed by atoms with Crippen LogP contribution in [0.4, 0.5) is 0 Å². The fraction of sp³-hybridized carbons (Fsp3) is 0.462. The molecule has 1 heterocycles. The van der Waals surface area contributed by atoms with Crippen molar-refractivity contribution in [3.8, 4) is 0 Å². The maximum Gasteiger partial charge on any atom is 0.323 e. The predicted molar refractivity (Wildman–Crippen MR) is 67.1 cm³/mol. The third-order valence-electron chi connectivity index (χ3n) is 3.11. The van der Waals surface area contributed by atoms with Crippen molar-refractivity contribution in [2.75, 3.05) is 13.1 Å². The van der Waals surface area contributed by atoms with Crippen LogP contribution in [0.2, 0.25) is 0 Å². The van der Waals surface area contributed by atoms with Crippen LogP contribution in [-0.2, 0) is 4.79 Å². The molecule has 19 heavy (non-hydrogen) atoms. The normalized spacial score (nSPS) is 14.2. The molecule has 2 rings (SSSR count). The number of carbonyl (C=O) groups is 3. The number of carbonyl (C=O) groups excluding carboxylic acids is 2. The lowest BCUT2D eigenvalue weighted by Crippen LogP contribution is -2.37. The van der Waals surface area contributed by atoms with Gasteiger partial charge in [0, 0.05) is 18.3 Å². The Morgan fingerprint density at radius 3 is 2.58 bits per heavy atom. The number of carboxylic acids is 1. The van der Waals surface area contributed by atoms with E-state index in [0.29, 0.717) is 18.0 Å². The molecule has 1 aromatic heterocycles. The van der Waals surface area contributed by atoms with Gasteiger partial charge in [0.2, 0.25) is 0 Å². The standard InChI is InChI=1S/C13H16N2O4/c1-8(16)10-4-11(14-5-10)13(19)15(7-12(17)18)6-9-2-3-9/h4-5,9,14H,2-3,6-7H2,1H3,(H,17,18). The third kappa shape index (κ3) is 3.43. The first-order chi connectivity index (χ1) is 8.97. The maximum atomic E-state index is 12.2. The molecule has 2 N–H and O–H groups in total. The first kappa shape index (κ1) is 13.3. The van der Waals surface area contributed by atoms with Gasteiger partial charge in [0.25, 0.3) is 5.91 Å². The van der Waals surface area contributed by atoms with E-state index < -0.39 is 5.97 Å². The Hall–Kier alpha value is -2.11. The molecular weight excluding hydrogens is 248 g/mol. The van der Waals surface area contributed by atoms with Gasteiger partial charge in [-0.05, 0) is 31.7 Å². The zero-order chi connectivity index (χ0) is 14.0. The molecule has 0 saturated heterocycles. The predicted octanol–water partition coefficient (Wildman–Crippen LogP) is 1.15. The molecular formula is C13H16N2O4. The van der Waals surface area contributed by atoms with Gasteiger partial charge in [-0.3, -0.25) is 14.4 Å². The number of H-pyrrole nitrogens is 1. The highest BCUT2D eigenvalue weighted by molar-refractivity contribution is 5.99. The number of aromatic amines is 1. The number of ketones is 1. The molecule has 6 nitrogen and oxygen atoms in total. The van der Waals surface area contributed by atoms with Crippen LogP contribution in [0.5, 0.6) is 0 Å². The summed E-state index contributed by atoms with van der Waals surface area (Å²) < 4.78 is 0. The zero-order valence-corrected chi connectivity index (χ0v) is 10.7. The number of amides is 1. The number of nitrogens with one attached hydrogen (secondary N) is 1. The quantitative estimate of drug-likeness (QED) is 0.754. The van der Waals surface area contributed by atoms with Crippen LogP contribution in [0, 0.1) is 5.92 Å². The molecule has 0 unspecified atom stereocenters. The van der Waals surface area contributed by atoms with Gasteiger partial charge in [-0.25, -0.2) is 0 Å². The minimum Gasteiger partial charge on any atom is -0.480 e. The lowest BCUT2D eigenvalue weighted by atomic mass is 10.2. The lowest BCUT2D eigenvalue weighted by Gasteiger charge is -2.19. The highest BCUT2D eigenvalue weighted by Gasteiger charge is 2.29. The summed E-state index contributed by atoms with van der Waals surface area (Å²) in [6.07, 6.45) is 3.53. The van der Waals surface area contributed by atoms with Gasteiger partial charge in [0.1, 0.15) is 12.2 Å². The molecule has 102 valence electrons. The van der Waals surface area contributed by atoms with Gasteiger partial charge in [-0.1, -0.05) is 0 Å². The minimum absolute atomic E-state index is 0.137. The molecule has 0 radical (unpaired) electrons. The Morgan fingerprint density at radius 2 is 2.11 bits per heavy atom. The summed E-state index contributed by atoms with van der Waals surface area (Å²) in [6.45, 7) is 1.56. The molecule has 1 fully saturated rings. The van der Waals surface area contributed by atoms with Gasteiger partial charge >= 0.3 is 5.97 Å². The Labute approximate surface area is 110 Å². The Morgan fingerprint density at radius 1 is 1.42 bits per heavy atom. The highest BCUT2D eigenvalue weighted by atomic mass is 16.4. The topological polar surface area (TPSA) is 90.5 Å². The second-order valence-corrected chi connectivity index (χ2v) is 4.88. The van der Waals surface area contributed by atoms with Crippen LogP contribution < -0.4 is 0 Å². The average molecular weight is 264 g/mol. The van der Waals surface area contributed by atoms with E-state index in [1.807, 2.05) is 0 Å². The van der Waals surface area contributed by atoms with Crippen LogP contribution in [0.15, 0.2) is 12.3 Å². The summed E-state index contributed by atoms with van der Waals surface area (Å²) in [4.78, 5) is 38.2. The number of carboxylic acid groups (broad SMARTS) is 1. The van der Waals surface area contributed by atoms with Crippen molar-refractivity contribution in [2.24, 2.45) is 5.92 Å². The number of hydrogen-bond acceptors (Lipinski definition) is 3. The maximum absolute atomic E-state index is 12.2. The molecule has 0 bridgehead atoms. The zero-order valence-electron chi connectivity index (χ0n) is 10.7. The summed E-state index contributed by atoms with van der Waals surface area (Å²) in [5.41, 5.74) is 0.678. The van der Waals surface area contributed by atoms with Crippen molar-refractivity contribution in [1.29, 1.82) is 0 Å². The summed E-state index contributed by atoms with van der Waals surface area (Å²) in [6, 6.07) is 1.46. The summed E-state index contributed by atoms with van der Waals surface area (Å²) in [7, 11) is 0. The fourth-order valence-electron chi connectivity index (χ4n) is 1.89. The Balaban J connectivity index is 2.11. The van der Waals surface area contributed by atoms with E-state index in [2.05, 4.69) is 4.98 Å². The second kappa shape index (κ2) is 5.26. The monoisotopic (exact) mass is 264 g/mol. The van der Waals surface area contributed by atoms with Gasteiger partial charge in [0.15, 0.2) is 5.78 Å². The molecule has 0 aromatic carbocycles. The fourth-order valence-corrected chi connectivity index (χ4v) is 1.89. The Bertz CT molecular complexity index is 516. The SMILES string of the molecule is CC(=O)c1c[nH]c(C(=O)N(CC(=O)O)CC2CC2)c1. The van der Waals surface area contributed by atoms with Crippen LogP contribution in [0.1, 0.15) is 40.6 Å². The van der Waals surface area contributed by atoms with Crippen molar-refractivity contribution >= 4 is 17.7 Å². The Kier molecular flexibility index (Phi) is 3.69. The number of aliphatic carboxylic acids is 1. The van der Waals surface area contributed by atoms with Crippen molar-refractivity contribution < 1.29 is 19.5 Å². The van der Waals surface area contributed by atoms with Crippen LogP contribution in [0.3, 0.4) is 0 Å². The van der Waals surface area contributed by atoms with Crippen LogP contribution in [-0.4, -0.2) is 45.7 Å². The molecule has 6 heteroatoms. The van der Waals surface area contributed by atoms with Crippen molar-refractivity contribution in [2.45, 2.75) is 19.8 Å². The largest absolute Gasteiger partial charge is 0.480 e. The van der Waals surface area contributed by atoms with E-state index in [0.717, 1.165) is 12.8 Å². The van der Waals surface area contributed by atoms with E-state index >= 15 is 0 Å². The molecule has 0 spiro atoms. The number of aromatic nitrogens is 1. The average Bonchev–Trinajstić information content (AvgIpc) is 3.00. The third-order valence-corrected chi connectivity index (χ3v) is 3.11. The molecule has 1 saturated carbocycles. The smallest absolute Gasteiger partial charge is 0.323 e. The van der Waals surface area contributed by atoms with E-state index in [1.54, 1.807) is 0 Å². The van der Waals surface area contributed by atoms with Crippen LogP contribution in [0.25, 0.3) is 0 Å². The molecule has 0 atom stereocenters. The van der Waals surface area contributed by atoms with E-state index in [4.69, 9.17) is 5.11 Å². The first-order valence-electron chi connectivity index (χ1n) is 6.18. The number of Topliss-reactive ketones (excluding diaryl/α,β-unsaturated/α-hetero) is 1. The van der Waals surface area contributed by atoms with Crippen molar-refractivity contribution in [3.05, 3.63) is 23.5 Å². The lowest BCUT2D eigenvalue weighted by molar-refractivity contribution is -0.137. The van der Waals surface area contributed by atoms with Gasteiger partial charge in [-0.15, -0.1) is 0 Å². The van der Waals surface area contributed by atoms with Crippen molar-refractivity contribution in [3.63, 3.8) is 0 Å². The summed E-state index contributed by atoms with van der Waals surface area (Å²) in [5.74, 6) is -1.14. The molecule has 0 aliphatic heterocycles. The van der Waals surface area contributed by atoms with E-state index in [1.165, 1.54) is 24.1 Å². The van der Waals surface area contributed by atoms with E-state index in [9.17, 15) is 14.4 Å². The molecule has 1 aromatic rings. The van der Waals surface area contributed by atoms with Gasteiger partial charge in [-0.2, -0.15) is 0 Å². The van der Waals surface area contributed by atoms with E-state index in [-0.39, 0.29) is 23.9 Å². The van der Waals surface area contributed by atoms with Gasteiger partial charge < -0.3 is 15.0 Å². The second-order valence-electron chi connectivity index (χ2n) is 4.88. The molecule has 1 aliphatic carbocycles. The number of rotatable bonds is 6. The highest BCUT2D eigenvalue weighted by Crippen LogP contribution is 2.30. The van der Waals surface area contributed by atoms with Gasteiger partial charge in [0.05, 0.1) is 0 Å². The first-order valence-corrected chi connectivity index (χ1v) is 6.18. The summed E-state index contributed by atoms with van der Waals surface area (Å²) >= 11 is 0.